The summed E-state index contributed by atoms with van der Waals surface area (Å²) in [6.07, 6.45) is -0.528. The van der Waals surface area contributed by atoms with Crippen LogP contribution in [0.2, 0.25) is 0 Å². The summed E-state index contributed by atoms with van der Waals surface area (Å²) in [5, 5.41) is 9.16. The van der Waals surface area contributed by atoms with Gasteiger partial charge >= 0.3 is 0 Å². The molecule has 3 nitrogen and oxygen atoms in total. The van der Waals surface area contributed by atoms with Crippen molar-refractivity contribution in [2.45, 2.75) is 25.7 Å². The Hall–Kier alpha value is -1.13. The third kappa shape index (κ3) is 1.96. The van der Waals surface area contributed by atoms with Gasteiger partial charge in [0.1, 0.15) is 17.7 Å². The van der Waals surface area contributed by atoms with Gasteiger partial charge in [-0.1, -0.05) is 0 Å². The van der Waals surface area contributed by atoms with Gasteiger partial charge in [0.15, 0.2) is 0 Å². The summed E-state index contributed by atoms with van der Waals surface area (Å²) in [6, 6.07) is 4.21. The zero-order valence-electron chi connectivity index (χ0n) is 8.66. The number of hydrogen-bond donors (Lipinski definition) is 1. The number of fused-ring (bicyclic) bond motifs is 1. The van der Waals surface area contributed by atoms with Gasteiger partial charge in [-0.2, -0.15) is 0 Å². The molecule has 4 heteroatoms. The topological polar surface area (TPSA) is 38.7 Å². The predicted molar refractivity (Wildman–Crippen MR) is 52.0 cm³/mol. The van der Waals surface area contributed by atoms with Crippen molar-refractivity contribution in [2.75, 3.05) is 6.61 Å². The van der Waals surface area contributed by atoms with E-state index in [-0.39, 0.29) is 12.4 Å². The maximum Gasteiger partial charge on any atom is 0.205 e. The maximum atomic E-state index is 13.0. The highest BCUT2D eigenvalue weighted by molar-refractivity contribution is 5.37. The Morgan fingerprint density at radius 3 is 2.87 bits per heavy atom. The summed E-state index contributed by atoms with van der Waals surface area (Å²) in [7, 11) is 0. The fourth-order valence-corrected chi connectivity index (χ4v) is 1.69. The number of halogens is 1. The molecule has 0 fully saturated rings. The van der Waals surface area contributed by atoms with Gasteiger partial charge in [-0.15, -0.1) is 0 Å². The lowest BCUT2D eigenvalue weighted by Crippen LogP contribution is -2.38. The normalized spacial score (nSPS) is 23.1. The van der Waals surface area contributed by atoms with Crippen LogP contribution < -0.4 is 4.74 Å². The van der Waals surface area contributed by atoms with E-state index >= 15 is 0 Å². The van der Waals surface area contributed by atoms with Crippen LogP contribution in [0.25, 0.3) is 0 Å². The molecule has 0 aliphatic carbocycles. The third-order valence-electron chi connectivity index (χ3n) is 2.27. The lowest BCUT2D eigenvalue weighted by atomic mass is 10.1. The first-order valence-corrected chi connectivity index (χ1v) is 4.79. The lowest BCUT2D eigenvalue weighted by Gasteiger charge is -2.37. The maximum absolute atomic E-state index is 13.0. The van der Waals surface area contributed by atoms with Crippen molar-refractivity contribution in [1.29, 1.82) is 0 Å². The number of rotatable bonds is 1. The first-order chi connectivity index (χ1) is 7.02. The van der Waals surface area contributed by atoms with E-state index in [1.54, 1.807) is 19.9 Å². The van der Waals surface area contributed by atoms with Crippen molar-refractivity contribution in [3.63, 3.8) is 0 Å². The highest BCUT2D eigenvalue weighted by Gasteiger charge is 2.34. The minimum Gasteiger partial charge on any atom is -0.463 e. The average molecular weight is 212 g/mol. The van der Waals surface area contributed by atoms with E-state index in [9.17, 15) is 4.39 Å². The van der Waals surface area contributed by atoms with Crippen LogP contribution in [0.4, 0.5) is 4.39 Å². The van der Waals surface area contributed by atoms with Gasteiger partial charge in [-0.05, 0) is 18.2 Å². The Morgan fingerprint density at radius 2 is 2.20 bits per heavy atom. The summed E-state index contributed by atoms with van der Waals surface area (Å²) in [5.74, 6) is -0.594. The Kier molecular flexibility index (Phi) is 2.40. The van der Waals surface area contributed by atoms with Gasteiger partial charge in [0.2, 0.25) is 5.79 Å². The van der Waals surface area contributed by atoms with Crippen LogP contribution in [0.15, 0.2) is 18.2 Å². The fraction of sp³-hybridized carbons (Fsp3) is 0.455. The van der Waals surface area contributed by atoms with E-state index in [1.807, 2.05) is 0 Å². The fourth-order valence-electron chi connectivity index (χ4n) is 1.69. The Labute approximate surface area is 87.4 Å². The van der Waals surface area contributed by atoms with Gasteiger partial charge in [0.05, 0.1) is 6.61 Å². The van der Waals surface area contributed by atoms with Crippen LogP contribution in [0.3, 0.4) is 0 Å². The molecule has 1 aliphatic heterocycles. The molecule has 1 aromatic rings. The quantitative estimate of drug-likeness (QED) is 0.773. The zero-order chi connectivity index (χ0) is 11.1. The molecule has 1 heterocycles. The van der Waals surface area contributed by atoms with Crippen molar-refractivity contribution >= 4 is 0 Å². The van der Waals surface area contributed by atoms with Crippen molar-refractivity contribution in [3.05, 3.63) is 29.6 Å². The number of hydrogen-bond acceptors (Lipinski definition) is 3. The summed E-state index contributed by atoms with van der Waals surface area (Å²) in [4.78, 5) is 0. The molecule has 2 rings (SSSR count). The van der Waals surface area contributed by atoms with Gasteiger partial charge in [0.25, 0.3) is 0 Å². The van der Waals surface area contributed by atoms with Crippen molar-refractivity contribution in [3.8, 4) is 5.75 Å². The second kappa shape index (κ2) is 3.47. The second-order valence-electron chi connectivity index (χ2n) is 3.97. The van der Waals surface area contributed by atoms with E-state index < -0.39 is 11.9 Å². The molecule has 0 saturated carbocycles. The highest BCUT2D eigenvalue weighted by atomic mass is 19.1. The monoisotopic (exact) mass is 212 g/mol. The van der Waals surface area contributed by atoms with Gasteiger partial charge in [-0.3, -0.25) is 0 Å². The second-order valence-corrected chi connectivity index (χ2v) is 3.97. The largest absolute Gasteiger partial charge is 0.463 e. The third-order valence-corrected chi connectivity index (χ3v) is 2.27. The summed E-state index contributed by atoms with van der Waals surface area (Å²) >= 11 is 0. The Bertz CT molecular complexity index is 376. The standard InChI is InChI=1S/C11H13FO3/c1-11(2)14-9-4-3-7(12)5-8(9)10(6-13)15-11/h3-5,10,13H,6H2,1-2H3. The van der Waals surface area contributed by atoms with E-state index in [4.69, 9.17) is 14.6 Å². The highest BCUT2D eigenvalue weighted by Crippen LogP contribution is 2.38. The molecule has 15 heavy (non-hydrogen) atoms. The van der Waals surface area contributed by atoms with Crippen molar-refractivity contribution in [1.82, 2.24) is 0 Å². The summed E-state index contributed by atoms with van der Waals surface area (Å²) < 4.78 is 24.0. The molecule has 0 aromatic heterocycles. The Morgan fingerprint density at radius 1 is 1.47 bits per heavy atom. The van der Waals surface area contributed by atoms with Gasteiger partial charge in [-0.25, -0.2) is 4.39 Å². The molecule has 1 aliphatic rings. The van der Waals surface area contributed by atoms with Crippen LogP contribution >= 0.6 is 0 Å². The minimum absolute atomic E-state index is 0.191. The van der Waals surface area contributed by atoms with Crippen molar-refractivity contribution in [2.24, 2.45) is 0 Å². The number of ether oxygens (including phenoxy) is 2. The first-order valence-electron chi connectivity index (χ1n) is 4.79. The smallest absolute Gasteiger partial charge is 0.205 e. The Balaban J connectivity index is 2.44. The molecule has 0 radical (unpaired) electrons. The number of benzene rings is 1. The van der Waals surface area contributed by atoms with Crippen LogP contribution in [-0.2, 0) is 4.74 Å². The molecule has 1 N–H and O–H groups in total. The lowest BCUT2D eigenvalue weighted by molar-refractivity contribution is -0.214. The van der Waals surface area contributed by atoms with Crippen LogP contribution in [0.1, 0.15) is 25.5 Å². The van der Waals surface area contributed by atoms with Crippen LogP contribution in [0.5, 0.6) is 5.75 Å². The van der Waals surface area contributed by atoms with Crippen LogP contribution in [-0.4, -0.2) is 17.5 Å². The zero-order valence-corrected chi connectivity index (χ0v) is 8.66. The van der Waals surface area contributed by atoms with Crippen molar-refractivity contribution < 1.29 is 19.0 Å². The summed E-state index contributed by atoms with van der Waals surface area (Å²) in [6.45, 7) is 3.31. The molecule has 82 valence electrons. The van der Waals surface area contributed by atoms with E-state index in [0.29, 0.717) is 11.3 Å². The summed E-state index contributed by atoms with van der Waals surface area (Å²) in [5.41, 5.74) is 0.553. The molecule has 0 spiro atoms. The number of aliphatic hydroxyl groups excluding tert-OH is 1. The minimum atomic E-state index is -0.793. The van der Waals surface area contributed by atoms with Gasteiger partial charge < -0.3 is 14.6 Å². The van der Waals surface area contributed by atoms with Crippen LogP contribution in [0, 0.1) is 5.82 Å². The molecule has 0 saturated heterocycles. The number of aliphatic hydroxyl groups is 1. The van der Waals surface area contributed by atoms with E-state index in [0.717, 1.165) is 0 Å². The molecule has 1 unspecified atom stereocenters. The molecule has 0 amide bonds. The molecular weight excluding hydrogens is 199 g/mol. The molecule has 1 atom stereocenters. The SMILES string of the molecule is CC1(C)Oc2ccc(F)cc2C(CO)O1. The predicted octanol–water partition coefficient (Wildman–Crippen LogP) is 2.00. The first kappa shape index (κ1) is 10.4. The van der Waals surface area contributed by atoms with Gasteiger partial charge in [0, 0.05) is 19.4 Å². The molecule has 1 aromatic carbocycles. The van der Waals surface area contributed by atoms with E-state index in [1.165, 1.54) is 12.1 Å². The molecular formula is C11H13FO3. The molecule has 0 bridgehead atoms. The average Bonchev–Trinajstić information content (AvgIpc) is 2.16. The van der Waals surface area contributed by atoms with E-state index in [2.05, 4.69) is 0 Å².